The second-order valence-electron chi connectivity index (χ2n) is 7.16. The normalized spacial score (nSPS) is 17.8. The fraction of sp³-hybridized carbons (Fsp3) is 0.318. The van der Waals surface area contributed by atoms with E-state index < -0.39 is 11.8 Å². The van der Waals surface area contributed by atoms with Crippen molar-refractivity contribution in [3.63, 3.8) is 0 Å². The highest BCUT2D eigenvalue weighted by atomic mass is 16.5. The molecule has 1 unspecified atom stereocenters. The van der Waals surface area contributed by atoms with Crippen LogP contribution in [-0.2, 0) is 11.2 Å². The Bertz CT molecular complexity index is 981. The number of hydrogen-bond acceptors (Lipinski definition) is 5. The Balaban J connectivity index is 1.55. The molecule has 0 fully saturated rings. The van der Waals surface area contributed by atoms with E-state index in [9.17, 15) is 14.4 Å². The predicted molar refractivity (Wildman–Crippen MR) is 105 cm³/mol. The first kappa shape index (κ1) is 19.0. The van der Waals surface area contributed by atoms with Gasteiger partial charge in [0, 0.05) is 6.54 Å². The lowest BCUT2D eigenvalue weighted by Gasteiger charge is -2.36. The van der Waals surface area contributed by atoms with Crippen LogP contribution in [0, 0.1) is 0 Å². The van der Waals surface area contributed by atoms with E-state index in [0.29, 0.717) is 35.6 Å². The van der Waals surface area contributed by atoms with Crippen LogP contribution in [0.4, 0.5) is 0 Å². The van der Waals surface area contributed by atoms with Gasteiger partial charge in [0.1, 0.15) is 6.54 Å². The number of carbonyl (C=O) groups excluding carboxylic acids is 3. The molecule has 7 nitrogen and oxygen atoms in total. The Morgan fingerprint density at radius 1 is 1.03 bits per heavy atom. The van der Waals surface area contributed by atoms with Gasteiger partial charge < -0.3 is 14.4 Å². The molecule has 0 aliphatic carbocycles. The minimum absolute atomic E-state index is 0.207. The van der Waals surface area contributed by atoms with E-state index in [2.05, 4.69) is 0 Å². The zero-order chi connectivity index (χ0) is 20.7. The lowest BCUT2D eigenvalue weighted by molar-refractivity contribution is -0.134. The molecule has 0 aromatic heterocycles. The van der Waals surface area contributed by atoms with Crippen molar-refractivity contribution >= 4 is 17.7 Å². The smallest absolute Gasteiger partial charge is 0.262 e. The summed E-state index contributed by atoms with van der Waals surface area (Å²) in [6.45, 7) is 2.18. The van der Waals surface area contributed by atoms with Crippen LogP contribution in [0.25, 0.3) is 0 Å². The highest BCUT2D eigenvalue weighted by Gasteiger charge is 2.38. The number of ether oxygens (including phenoxy) is 2. The number of carbonyl (C=O) groups is 3. The maximum atomic E-state index is 13.0. The van der Waals surface area contributed by atoms with E-state index in [-0.39, 0.29) is 18.5 Å². The quantitative estimate of drug-likeness (QED) is 0.745. The second kappa shape index (κ2) is 7.24. The first-order valence-electron chi connectivity index (χ1n) is 9.45. The molecule has 1 atom stereocenters. The summed E-state index contributed by atoms with van der Waals surface area (Å²) in [4.78, 5) is 40.9. The van der Waals surface area contributed by atoms with Crippen molar-refractivity contribution in [2.24, 2.45) is 0 Å². The molecule has 2 aliphatic heterocycles. The molecule has 7 heteroatoms. The van der Waals surface area contributed by atoms with E-state index in [4.69, 9.17) is 9.47 Å². The molecule has 150 valence electrons. The van der Waals surface area contributed by atoms with Gasteiger partial charge >= 0.3 is 0 Å². The second-order valence-corrected chi connectivity index (χ2v) is 7.16. The number of nitrogens with zero attached hydrogens (tertiary/aromatic N) is 2. The summed E-state index contributed by atoms with van der Waals surface area (Å²) in [5.74, 6) is 0.162. The first-order chi connectivity index (χ1) is 14.0. The fourth-order valence-corrected chi connectivity index (χ4v) is 4.09. The van der Waals surface area contributed by atoms with Gasteiger partial charge in [-0.15, -0.1) is 0 Å². The molecule has 2 heterocycles. The van der Waals surface area contributed by atoms with Gasteiger partial charge in [0.05, 0.1) is 31.4 Å². The van der Waals surface area contributed by atoms with Crippen LogP contribution >= 0.6 is 0 Å². The molecule has 0 N–H and O–H groups in total. The highest BCUT2D eigenvalue weighted by Crippen LogP contribution is 2.38. The van der Waals surface area contributed by atoms with Crippen molar-refractivity contribution in [1.82, 2.24) is 9.80 Å². The molecule has 2 aromatic rings. The van der Waals surface area contributed by atoms with Crippen LogP contribution in [-0.4, -0.2) is 54.8 Å². The van der Waals surface area contributed by atoms with Crippen molar-refractivity contribution in [3.8, 4) is 11.5 Å². The molecule has 0 radical (unpaired) electrons. The Hall–Kier alpha value is -3.35. The molecule has 0 saturated carbocycles. The molecule has 0 spiro atoms. The van der Waals surface area contributed by atoms with Crippen molar-refractivity contribution < 1.29 is 23.9 Å². The maximum absolute atomic E-state index is 13.0. The average molecular weight is 394 g/mol. The zero-order valence-corrected chi connectivity index (χ0v) is 16.6. The summed E-state index contributed by atoms with van der Waals surface area (Å²) in [6, 6.07) is 10.3. The van der Waals surface area contributed by atoms with Crippen molar-refractivity contribution in [3.05, 3.63) is 58.7 Å². The molecule has 4 rings (SSSR count). The van der Waals surface area contributed by atoms with Gasteiger partial charge in [0.15, 0.2) is 11.5 Å². The van der Waals surface area contributed by atoms with E-state index in [1.807, 2.05) is 19.1 Å². The standard InChI is InChI=1S/C22H22N2O5/c1-13-17-11-19(29-3)18(28-2)10-14(17)8-9-23(13)20(25)12-24-21(26)15-6-4-5-7-16(15)22(24)27/h4-7,10-11,13H,8-9,12H2,1-3H3. The third kappa shape index (κ3) is 3.03. The van der Waals surface area contributed by atoms with Gasteiger partial charge in [-0.25, -0.2) is 0 Å². The summed E-state index contributed by atoms with van der Waals surface area (Å²) in [5, 5.41) is 0. The van der Waals surface area contributed by atoms with Crippen LogP contribution in [0.1, 0.15) is 44.8 Å². The van der Waals surface area contributed by atoms with Crippen molar-refractivity contribution in [2.45, 2.75) is 19.4 Å². The Labute approximate surface area is 168 Å². The monoisotopic (exact) mass is 394 g/mol. The average Bonchev–Trinajstić information content (AvgIpc) is 2.98. The van der Waals surface area contributed by atoms with E-state index in [1.54, 1.807) is 43.4 Å². The highest BCUT2D eigenvalue weighted by molar-refractivity contribution is 6.22. The van der Waals surface area contributed by atoms with Crippen LogP contribution in [0.5, 0.6) is 11.5 Å². The van der Waals surface area contributed by atoms with Crippen molar-refractivity contribution in [1.29, 1.82) is 0 Å². The zero-order valence-electron chi connectivity index (χ0n) is 16.6. The van der Waals surface area contributed by atoms with Gasteiger partial charge in [0.25, 0.3) is 11.8 Å². The minimum Gasteiger partial charge on any atom is -0.493 e. The summed E-state index contributed by atoms with van der Waals surface area (Å²) in [7, 11) is 3.16. The topological polar surface area (TPSA) is 76.2 Å². The van der Waals surface area contributed by atoms with E-state index >= 15 is 0 Å². The van der Waals surface area contributed by atoms with E-state index in [0.717, 1.165) is 16.0 Å². The molecule has 2 aliphatic rings. The maximum Gasteiger partial charge on any atom is 0.262 e. The summed E-state index contributed by atoms with van der Waals surface area (Å²) >= 11 is 0. The summed E-state index contributed by atoms with van der Waals surface area (Å²) in [5.41, 5.74) is 2.77. The summed E-state index contributed by atoms with van der Waals surface area (Å²) < 4.78 is 10.8. The third-order valence-electron chi connectivity index (χ3n) is 5.68. The Kier molecular flexibility index (Phi) is 4.74. The lowest BCUT2D eigenvalue weighted by atomic mass is 9.92. The number of fused-ring (bicyclic) bond motifs is 2. The molecule has 29 heavy (non-hydrogen) atoms. The van der Waals surface area contributed by atoms with Gasteiger partial charge in [-0.3, -0.25) is 19.3 Å². The molecular weight excluding hydrogens is 372 g/mol. The molecular formula is C22H22N2O5. The Morgan fingerprint density at radius 2 is 1.62 bits per heavy atom. The van der Waals surface area contributed by atoms with Crippen LogP contribution in [0.15, 0.2) is 36.4 Å². The van der Waals surface area contributed by atoms with Gasteiger partial charge in [-0.1, -0.05) is 12.1 Å². The SMILES string of the molecule is COc1cc2c(cc1OC)C(C)N(C(=O)CN1C(=O)c3ccccc3C1=O)CC2. The Morgan fingerprint density at radius 3 is 2.21 bits per heavy atom. The summed E-state index contributed by atoms with van der Waals surface area (Å²) in [6.07, 6.45) is 0.661. The minimum atomic E-state index is -0.421. The largest absolute Gasteiger partial charge is 0.493 e. The number of methoxy groups -OCH3 is 2. The molecule has 0 saturated heterocycles. The number of hydrogen-bond donors (Lipinski definition) is 0. The molecule has 2 aromatic carbocycles. The first-order valence-corrected chi connectivity index (χ1v) is 9.45. The molecule has 3 amide bonds. The lowest BCUT2D eigenvalue weighted by Crippen LogP contribution is -2.46. The third-order valence-corrected chi connectivity index (χ3v) is 5.68. The van der Waals surface area contributed by atoms with Gasteiger partial charge in [-0.2, -0.15) is 0 Å². The van der Waals surface area contributed by atoms with E-state index in [1.165, 1.54) is 0 Å². The number of benzene rings is 2. The van der Waals surface area contributed by atoms with Crippen LogP contribution in [0.2, 0.25) is 0 Å². The fourth-order valence-electron chi connectivity index (χ4n) is 4.09. The number of imide groups is 1. The molecule has 0 bridgehead atoms. The van der Waals surface area contributed by atoms with Crippen molar-refractivity contribution in [2.75, 3.05) is 27.3 Å². The van der Waals surface area contributed by atoms with Gasteiger partial charge in [-0.05, 0) is 48.7 Å². The van der Waals surface area contributed by atoms with Gasteiger partial charge in [0.2, 0.25) is 5.91 Å². The van der Waals surface area contributed by atoms with Crippen LogP contribution in [0.3, 0.4) is 0 Å². The number of amides is 3. The van der Waals surface area contributed by atoms with Crippen LogP contribution < -0.4 is 9.47 Å². The predicted octanol–water partition coefficient (Wildman–Crippen LogP) is 2.45. The number of rotatable bonds is 4.